The molecule has 0 fully saturated rings. The van der Waals surface area contributed by atoms with E-state index < -0.39 is 14.5 Å². The molecular weight excluding hydrogens is 638 g/mol. The molecular formula is C48H60P2. The second kappa shape index (κ2) is 12.7. The summed E-state index contributed by atoms with van der Waals surface area (Å²) in [5, 5.41) is 11.5. The van der Waals surface area contributed by atoms with Crippen molar-refractivity contribution in [3.05, 3.63) is 133 Å². The predicted molar refractivity (Wildman–Crippen MR) is 234 cm³/mol. The van der Waals surface area contributed by atoms with Crippen molar-refractivity contribution in [3.8, 4) is 11.1 Å². The molecule has 0 amide bonds. The molecule has 0 N–H and O–H groups in total. The van der Waals surface area contributed by atoms with Crippen molar-refractivity contribution in [1.29, 1.82) is 0 Å². The van der Waals surface area contributed by atoms with Crippen molar-refractivity contribution in [2.45, 2.75) is 104 Å². The Balaban J connectivity index is 1.97. The Hall–Kier alpha value is -3.30. The van der Waals surface area contributed by atoms with Crippen molar-refractivity contribution in [2.24, 2.45) is 0 Å². The quantitative estimate of drug-likeness (QED) is 0.157. The van der Waals surface area contributed by atoms with Gasteiger partial charge in [-0.2, -0.15) is 0 Å². The van der Waals surface area contributed by atoms with E-state index in [0.29, 0.717) is 0 Å². The molecule has 0 bridgehead atoms. The van der Waals surface area contributed by atoms with E-state index in [9.17, 15) is 0 Å². The number of benzene rings is 6. The maximum atomic E-state index is 2.57. The normalized spacial score (nSPS) is 14.2. The Bertz CT molecular complexity index is 1950. The average Bonchev–Trinajstić information content (AvgIpc) is 3.04. The predicted octanol–water partition coefficient (Wildman–Crippen LogP) is 12.3. The van der Waals surface area contributed by atoms with E-state index in [0.717, 1.165) is 0 Å². The van der Waals surface area contributed by atoms with Crippen LogP contribution in [0.25, 0.3) is 32.7 Å². The Labute approximate surface area is 304 Å². The molecule has 0 heterocycles. The summed E-state index contributed by atoms with van der Waals surface area (Å²) in [7, 11) is -5.24. The fraction of sp³-hybridized carbons (Fsp3) is 0.333. The van der Waals surface area contributed by atoms with Crippen molar-refractivity contribution < 1.29 is 0 Å². The first-order valence-electron chi connectivity index (χ1n) is 18.5. The zero-order valence-corrected chi connectivity index (χ0v) is 34.7. The van der Waals surface area contributed by atoms with E-state index in [1.807, 2.05) is 0 Å². The van der Waals surface area contributed by atoms with Gasteiger partial charge in [-0.3, -0.25) is 0 Å². The first kappa shape index (κ1) is 36.5. The van der Waals surface area contributed by atoms with Crippen molar-refractivity contribution in [3.63, 3.8) is 0 Å². The summed E-state index contributed by atoms with van der Waals surface area (Å²) < 4.78 is 0. The van der Waals surface area contributed by atoms with Gasteiger partial charge < -0.3 is 0 Å². The summed E-state index contributed by atoms with van der Waals surface area (Å²) in [4.78, 5) is 0. The van der Waals surface area contributed by atoms with Crippen LogP contribution in [-0.2, 0) is 0 Å². The van der Waals surface area contributed by atoms with Gasteiger partial charge in [0, 0.05) is 0 Å². The molecule has 0 nitrogen and oxygen atoms in total. The van der Waals surface area contributed by atoms with Crippen molar-refractivity contribution in [1.82, 2.24) is 0 Å². The van der Waals surface area contributed by atoms with Gasteiger partial charge in [-0.05, 0) is 0 Å². The van der Waals surface area contributed by atoms with Crippen LogP contribution < -0.4 is 21.2 Å². The van der Waals surface area contributed by atoms with Gasteiger partial charge in [0.05, 0.1) is 0 Å². The fourth-order valence-corrected chi connectivity index (χ4v) is 26.1. The average molecular weight is 699 g/mol. The summed E-state index contributed by atoms with van der Waals surface area (Å²) >= 11 is 0. The van der Waals surface area contributed by atoms with E-state index in [1.165, 1.54) is 43.3 Å². The Morgan fingerprint density at radius 3 is 0.880 bits per heavy atom. The van der Waals surface area contributed by atoms with Crippen LogP contribution in [0.15, 0.2) is 133 Å². The third kappa shape index (κ3) is 5.49. The maximum absolute atomic E-state index is 2.62. The van der Waals surface area contributed by atoms with Crippen LogP contribution in [0.2, 0.25) is 0 Å². The van der Waals surface area contributed by atoms with Gasteiger partial charge in [0.15, 0.2) is 0 Å². The van der Waals surface area contributed by atoms with Gasteiger partial charge in [0.25, 0.3) is 0 Å². The third-order valence-corrected chi connectivity index (χ3v) is 25.7. The van der Waals surface area contributed by atoms with Crippen LogP contribution in [0.1, 0.15) is 83.1 Å². The van der Waals surface area contributed by atoms with E-state index in [-0.39, 0.29) is 20.6 Å². The second-order valence-electron chi connectivity index (χ2n) is 18.7. The summed E-state index contributed by atoms with van der Waals surface area (Å²) in [5.41, 5.74) is 2.91. The first-order valence-corrected chi connectivity index (χ1v) is 22.5. The molecule has 0 saturated carbocycles. The van der Waals surface area contributed by atoms with Crippen molar-refractivity contribution >= 4 is 57.3 Å². The third-order valence-electron chi connectivity index (χ3n) is 11.8. The molecule has 0 aliphatic heterocycles. The Morgan fingerprint density at radius 1 is 0.300 bits per heavy atom. The number of hydrogen-bond acceptors (Lipinski definition) is 0. The van der Waals surface area contributed by atoms with E-state index in [4.69, 9.17) is 0 Å². The van der Waals surface area contributed by atoms with Gasteiger partial charge in [-0.25, -0.2) is 0 Å². The molecule has 6 aromatic carbocycles. The summed E-state index contributed by atoms with van der Waals surface area (Å²) in [5.74, 6) is 0. The van der Waals surface area contributed by atoms with E-state index in [2.05, 4.69) is 217 Å². The van der Waals surface area contributed by atoms with Crippen molar-refractivity contribution in [2.75, 3.05) is 0 Å². The number of fused-ring (bicyclic) bond motifs is 2. The molecule has 0 atom stereocenters. The second-order valence-corrected chi connectivity index (χ2v) is 29.9. The van der Waals surface area contributed by atoms with Crippen LogP contribution in [0.5, 0.6) is 0 Å². The number of hydrogen-bond donors (Lipinski definition) is 0. The molecule has 0 spiro atoms. The summed E-state index contributed by atoms with van der Waals surface area (Å²) in [6.45, 7) is 30.3. The van der Waals surface area contributed by atoms with Crippen LogP contribution in [0.3, 0.4) is 0 Å². The van der Waals surface area contributed by atoms with Gasteiger partial charge in [0.2, 0.25) is 0 Å². The molecule has 0 radical (unpaired) electrons. The molecule has 6 aromatic rings. The minimum atomic E-state index is -2.62. The SMILES string of the molecule is CC(C)(C)[PH](c1ccccc1)(c1ccc2ccccc2c1-c1c([PH](c2ccccc2)(C(C)(C)C)C(C)(C)C)ccc2ccccc12)C(C)(C)C. The van der Waals surface area contributed by atoms with Gasteiger partial charge >= 0.3 is 306 Å². The van der Waals surface area contributed by atoms with Crippen LogP contribution in [-0.4, -0.2) is 20.6 Å². The Morgan fingerprint density at radius 2 is 0.580 bits per heavy atom. The molecule has 262 valence electrons. The standard InChI is InChI=1S/C48H60P2/c1-45(2,3)49(46(4,5)6,37-25-15-13-16-26-37)41-33-31-35-23-19-21-29-39(35)43(41)44-40-30-22-20-24-36(40)32-34-42(44)50(47(7,8)9,48(10,11)12)38-27-17-14-18-28-38/h13-34,49-50H,1-12H3. The van der Waals surface area contributed by atoms with Gasteiger partial charge in [-0.15, -0.1) is 0 Å². The monoisotopic (exact) mass is 698 g/mol. The topological polar surface area (TPSA) is 0 Å². The molecule has 0 aliphatic carbocycles. The molecule has 50 heavy (non-hydrogen) atoms. The molecule has 0 aromatic heterocycles. The summed E-state index contributed by atoms with van der Waals surface area (Å²) in [6.07, 6.45) is 0. The number of rotatable bonds is 5. The zero-order valence-electron chi connectivity index (χ0n) is 32.7. The van der Waals surface area contributed by atoms with Crippen LogP contribution in [0, 0.1) is 0 Å². The summed E-state index contributed by atoms with van der Waals surface area (Å²) in [6, 6.07) is 51.6. The zero-order chi connectivity index (χ0) is 36.3. The van der Waals surface area contributed by atoms with E-state index >= 15 is 0 Å². The van der Waals surface area contributed by atoms with Gasteiger partial charge in [0.1, 0.15) is 0 Å². The molecule has 0 aliphatic rings. The van der Waals surface area contributed by atoms with E-state index in [1.54, 1.807) is 10.6 Å². The molecule has 0 saturated heterocycles. The van der Waals surface area contributed by atoms with Crippen LogP contribution >= 0.6 is 14.5 Å². The van der Waals surface area contributed by atoms with Crippen LogP contribution in [0.4, 0.5) is 0 Å². The Kier molecular flexibility index (Phi) is 9.29. The fourth-order valence-electron chi connectivity index (χ4n) is 11.0. The molecule has 6 rings (SSSR count). The first-order chi connectivity index (χ1) is 23.4. The van der Waals surface area contributed by atoms with Gasteiger partial charge in [-0.1, -0.05) is 0 Å². The molecule has 2 heteroatoms. The minimum absolute atomic E-state index is 0.0105. The molecule has 0 unspecified atom stereocenters.